The van der Waals surface area contributed by atoms with Crippen LogP contribution in [0.1, 0.15) is 31.7 Å². The van der Waals surface area contributed by atoms with Crippen LogP contribution < -0.4 is 10.1 Å². The molecule has 4 nitrogen and oxygen atoms in total. The minimum atomic E-state index is 0.0298. The summed E-state index contributed by atoms with van der Waals surface area (Å²) in [5.41, 5.74) is 3.05. The quantitative estimate of drug-likeness (QED) is 0.669. The van der Waals surface area contributed by atoms with Gasteiger partial charge in [0.15, 0.2) is 0 Å². The van der Waals surface area contributed by atoms with Gasteiger partial charge in [-0.1, -0.05) is 32.0 Å². The number of carbonyl (C=O) groups excluding carboxylic acids is 1. The van der Waals surface area contributed by atoms with Crippen LogP contribution in [0.15, 0.2) is 54.7 Å². The molecule has 0 saturated heterocycles. The number of ether oxygens (including phenoxy) is 1. The second kappa shape index (κ2) is 7.43. The van der Waals surface area contributed by atoms with Crippen molar-refractivity contribution in [2.24, 2.45) is 5.92 Å². The normalized spacial score (nSPS) is 12.3. The molecule has 0 bridgehead atoms. The molecule has 25 heavy (non-hydrogen) atoms. The Bertz CT molecular complexity index is 853. The van der Waals surface area contributed by atoms with Crippen LogP contribution in [-0.4, -0.2) is 18.0 Å². The van der Waals surface area contributed by atoms with Gasteiger partial charge < -0.3 is 15.0 Å². The monoisotopic (exact) mass is 336 g/mol. The highest BCUT2D eigenvalue weighted by atomic mass is 16.5. The van der Waals surface area contributed by atoms with E-state index in [1.807, 2.05) is 54.7 Å². The number of nitrogens with one attached hydrogen (secondary N) is 2. The van der Waals surface area contributed by atoms with Gasteiger partial charge in [0, 0.05) is 29.2 Å². The molecule has 1 atom stereocenters. The molecular formula is C21H24N2O2. The largest absolute Gasteiger partial charge is 0.497 e. The molecule has 3 rings (SSSR count). The van der Waals surface area contributed by atoms with Gasteiger partial charge in [-0.15, -0.1) is 0 Å². The summed E-state index contributed by atoms with van der Waals surface area (Å²) in [7, 11) is 1.67. The van der Waals surface area contributed by atoms with E-state index in [0.717, 1.165) is 27.9 Å². The molecule has 130 valence electrons. The van der Waals surface area contributed by atoms with Crippen molar-refractivity contribution in [3.8, 4) is 5.75 Å². The van der Waals surface area contributed by atoms with Crippen molar-refractivity contribution in [1.82, 2.24) is 4.98 Å². The minimum Gasteiger partial charge on any atom is -0.497 e. The van der Waals surface area contributed by atoms with E-state index in [1.165, 1.54) is 0 Å². The predicted molar refractivity (Wildman–Crippen MR) is 102 cm³/mol. The van der Waals surface area contributed by atoms with Crippen molar-refractivity contribution in [3.63, 3.8) is 0 Å². The fourth-order valence-electron chi connectivity index (χ4n) is 3.19. The maximum atomic E-state index is 12.5. The minimum absolute atomic E-state index is 0.0298. The molecule has 0 aliphatic rings. The van der Waals surface area contributed by atoms with Crippen molar-refractivity contribution in [2.75, 3.05) is 12.4 Å². The molecule has 0 unspecified atom stereocenters. The SMILES string of the molecule is COc1ccc2[nH]cc([C@@H](CC(=O)Nc3ccccc3)C(C)C)c2c1. The lowest BCUT2D eigenvalue weighted by atomic mass is 9.85. The number of fused-ring (bicyclic) bond motifs is 1. The standard InChI is InChI=1S/C21H24N2O2/c1-14(2)17(12-21(24)23-15-7-5-4-6-8-15)19-13-22-20-10-9-16(25-3)11-18(19)20/h4-11,13-14,17,22H,12H2,1-3H3,(H,23,24)/t17-/m0/s1. The molecule has 0 radical (unpaired) electrons. The van der Waals surface area contributed by atoms with Crippen LogP contribution in [0.5, 0.6) is 5.75 Å². The highest BCUT2D eigenvalue weighted by Crippen LogP contribution is 2.35. The van der Waals surface area contributed by atoms with Crippen LogP contribution in [-0.2, 0) is 4.79 Å². The Labute approximate surface area is 148 Å². The summed E-state index contributed by atoms with van der Waals surface area (Å²) in [4.78, 5) is 15.8. The third kappa shape index (κ3) is 3.85. The number of para-hydroxylation sites is 1. The van der Waals surface area contributed by atoms with E-state index in [9.17, 15) is 4.79 Å². The third-order valence-electron chi connectivity index (χ3n) is 4.59. The number of rotatable bonds is 6. The van der Waals surface area contributed by atoms with E-state index in [2.05, 4.69) is 24.1 Å². The van der Waals surface area contributed by atoms with Crippen LogP contribution in [0.4, 0.5) is 5.69 Å². The molecule has 1 aromatic heterocycles. The molecule has 2 N–H and O–H groups in total. The number of anilines is 1. The average molecular weight is 336 g/mol. The molecule has 0 spiro atoms. The van der Waals surface area contributed by atoms with Crippen molar-refractivity contribution < 1.29 is 9.53 Å². The molecule has 1 heterocycles. The van der Waals surface area contributed by atoms with E-state index in [4.69, 9.17) is 4.74 Å². The van der Waals surface area contributed by atoms with Crippen LogP contribution >= 0.6 is 0 Å². The summed E-state index contributed by atoms with van der Waals surface area (Å²) >= 11 is 0. The average Bonchev–Trinajstić information content (AvgIpc) is 3.03. The lowest BCUT2D eigenvalue weighted by Gasteiger charge is -2.20. The summed E-state index contributed by atoms with van der Waals surface area (Å²) in [5.74, 6) is 1.32. The van der Waals surface area contributed by atoms with Crippen molar-refractivity contribution in [1.29, 1.82) is 0 Å². The molecule has 4 heteroatoms. The second-order valence-corrected chi connectivity index (χ2v) is 6.62. The molecular weight excluding hydrogens is 312 g/mol. The summed E-state index contributed by atoms with van der Waals surface area (Å²) < 4.78 is 5.35. The Kier molecular flexibility index (Phi) is 5.08. The Morgan fingerprint density at radius 1 is 1.16 bits per heavy atom. The zero-order valence-electron chi connectivity index (χ0n) is 14.9. The molecule has 0 aliphatic carbocycles. The Morgan fingerprint density at radius 3 is 2.60 bits per heavy atom. The van der Waals surface area contributed by atoms with E-state index in [0.29, 0.717) is 12.3 Å². The molecule has 2 aromatic carbocycles. The summed E-state index contributed by atoms with van der Waals surface area (Å²) in [6.45, 7) is 4.30. The van der Waals surface area contributed by atoms with Crippen molar-refractivity contribution in [3.05, 3.63) is 60.3 Å². The summed E-state index contributed by atoms with van der Waals surface area (Å²) in [5, 5.41) is 4.10. The van der Waals surface area contributed by atoms with E-state index in [1.54, 1.807) is 7.11 Å². The summed E-state index contributed by atoms with van der Waals surface area (Å²) in [6.07, 6.45) is 2.46. The number of benzene rings is 2. The number of hydrogen-bond donors (Lipinski definition) is 2. The second-order valence-electron chi connectivity index (χ2n) is 6.62. The zero-order valence-corrected chi connectivity index (χ0v) is 14.9. The number of H-pyrrole nitrogens is 1. The van der Waals surface area contributed by atoms with Crippen molar-refractivity contribution >= 4 is 22.5 Å². The van der Waals surface area contributed by atoms with E-state index >= 15 is 0 Å². The smallest absolute Gasteiger partial charge is 0.224 e. The Balaban J connectivity index is 1.85. The van der Waals surface area contributed by atoms with Crippen molar-refractivity contribution in [2.45, 2.75) is 26.2 Å². The van der Waals surface area contributed by atoms with Gasteiger partial charge in [0.2, 0.25) is 5.91 Å². The van der Waals surface area contributed by atoms with Gasteiger partial charge in [0.1, 0.15) is 5.75 Å². The molecule has 1 amide bonds. The molecule has 0 fully saturated rings. The van der Waals surface area contributed by atoms with Gasteiger partial charge in [0.05, 0.1) is 7.11 Å². The van der Waals surface area contributed by atoms with Gasteiger partial charge >= 0.3 is 0 Å². The number of amides is 1. The zero-order chi connectivity index (χ0) is 17.8. The van der Waals surface area contributed by atoms with Crippen LogP contribution in [0, 0.1) is 5.92 Å². The number of methoxy groups -OCH3 is 1. The Morgan fingerprint density at radius 2 is 1.92 bits per heavy atom. The molecule has 3 aromatic rings. The Hall–Kier alpha value is -2.75. The number of aromatic nitrogens is 1. The third-order valence-corrected chi connectivity index (χ3v) is 4.59. The van der Waals surface area contributed by atoms with Gasteiger partial charge in [-0.05, 0) is 47.7 Å². The van der Waals surface area contributed by atoms with Gasteiger partial charge in [-0.3, -0.25) is 4.79 Å². The fraction of sp³-hybridized carbons (Fsp3) is 0.286. The maximum Gasteiger partial charge on any atom is 0.224 e. The number of carbonyl (C=O) groups is 1. The summed E-state index contributed by atoms with van der Waals surface area (Å²) in [6, 6.07) is 15.6. The van der Waals surface area contributed by atoms with E-state index < -0.39 is 0 Å². The highest BCUT2D eigenvalue weighted by Gasteiger charge is 2.23. The van der Waals surface area contributed by atoms with Gasteiger partial charge in [-0.2, -0.15) is 0 Å². The van der Waals surface area contributed by atoms with Crippen LogP contribution in [0.3, 0.4) is 0 Å². The lowest BCUT2D eigenvalue weighted by Crippen LogP contribution is -2.18. The lowest BCUT2D eigenvalue weighted by molar-refractivity contribution is -0.116. The first-order valence-corrected chi connectivity index (χ1v) is 8.58. The number of hydrogen-bond acceptors (Lipinski definition) is 2. The van der Waals surface area contributed by atoms with Crippen LogP contribution in [0.25, 0.3) is 10.9 Å². The van der Waals surface area contributed by atoms with Gasteiger partial charge in [-0.25, -0.2) is 0 Å². The van der Waals surface area contributed by atoms with Gasteiger partial charge in [0.25, 0.3) is 0 Å². The molecule has 0 saturated carbocycles. The molecule has 0 aliphatic heterocycles. The highest BCUT2D eigenvalue weighted by molar-refractivity contribution is 5.92. The fourth-order valence-corrected chi connectivity index (χ4v) is 3.19. The maximum absolute atomic E-state index is 12.5. The first-order chi connectivity index (χ1) is 12.1. The van der Waals surface area contributed by atoms with E-state index in [-0.39, 0.29) is 11.8 Å². The first-order valence-electron chi connectivity index (χ1n) is 8.58. The first kappa shape index (κ1) is 17.1. The topological polar surface area (TPSA) is 54.1 Å². The number of aromatic amines is 1. The predicted octanol–water partition coefficient (Wildman–Crippen LogP) is 4.94. The van der Waals surface area contributed by atoms with Crippen LogP contribution in [0.2, 0.25) is 0 Å².